The Morgan fingerprint density at radius 1 is 1.17 bits per heavy atom. The predicted octanol–water partition coefficient (Wildman–Crippen LogP) is 2.88. The number of rotatable bonds is 3. The molecule has 1 amide bonds. The fraction of sp³-hybridized carbons (Fsp3) is 0.579. The molecule has 1 saturated heterocycles. The molecular weight excluding hydrogens is 288 g/mol. The second-order valence-electron chi connectivity index (χ2n) is 7.10. The minimum Gasteiger partial charge on any atom is -0.377 e. The van der Waals surface area contributed by atoms with Gasteiger partial charge in [-0.2, -0.15) is 5.26 Å². The van der Waals surface area contributed by atoms with Crippen LogP contribution in [0.5, 0.6) is 0 Å². The van der Waals surface area contributed by atoms with Gasteiger partial charge >= 0.3 is 0 Å². The van der Waals surface area contributed by atoms with Crippen molar-refractivity contribution in [2.24, 2.45) is 17.8 Å². The number of nitrogens with one attached hydrogen (secondary N) is 1. The summed E-state index contributed by atoms with van der Waals surface area (Å²) in [4.78, 5) is 12.6. The molecule has 4 nitrogen and oxygen atoms in total. The zero-order chi connectivity index (χ0) is 15.8. The van der Waals surface area contributed by atoms with Crippen molar-refractivity contribution < 1.29 is 9.53 Å². The van der Waals surface area contributed by atoms with E-state index in [1.807, 2.05) is 0 Å². The summed E-state index contributed by atoms with van der Waals surface area (Å²) >= 11 is 0. The summed E-state index contributed by atoms with van der Waals surface area (Å²) in [5.41, 5.74) is 1.22. The van der Waals surface area contributed by atoms with E-state index in [9.17, 15) is 4.79 Å². The first-order chi connectivity index (χ1) is 11.3. The lowest BCUT2D eigenvalue weighted by atomic mass is 9.61. The van der Waals surface area contributed by atoms with Gasteiger partial charge in [0.2, 0.25) is 0 Å². The van der Waals surface area contributed by atoms with E-state index in [0.717, 1.165) is 13.0 Å². The zero-order valence-corrected chi connectivity index (χ0v) is 13.2. The summed E-state index contributed by atoms with van der Waals surface area (Å²) < 4.78 is 5.94. The van der Waals surface area contributed by atoms with Crippen molar-refractivity contribution in [2.75, 3.05) is 6.61 Å². The topological polar surface area (TPSA) is 62.1 Å². The monoisotopic (exact) mass is 310 g/mol. The Hall–Kier alpha value is -1.86. The summed E-state index contributed by atoms with van der Waals surface area (Å²) in [6.07, 6.45) is 6.61. The molecule has 0 spiro atoms. The summed E-state index contributed by atoms with van der Waals surface area (Å²) in [6, 6.07) is 9.21. The highest BCUT2D eigenvalue weighted by atomic mass is 16.5. The number of fused-ring (bicyclic) bond motifs is 1. The number of nitrogens with zero attached hydrogens (tertiary/aromatic N) is 1. The van der Waals surface area contributed by atoms with Gasteiger partial charge in [0.1, 0.15) is 0 Å². The molecule has 4 heteroatoms. The summed E-state index contributed by atoms with van der Waals surface area (Å²) in [6.45, 7) is 0.835. The standard InChI is InChI=1S/C19H22N2O2/c20-11-12-5-7-14(8-6-12)19(22)21-17-15-9-10-23-18(15)16(17)13-3-1-2-4-13/h5-8,13,15-18H,1-4,9-10H2,(H,21,22)/t15-,16+,17+,18-/m0/s1. The van der Waals surface area contributed by atoms with Crippen LogP contribution >= 0.6 is 0 Å². The minimum atomic E-state index is -0.0205. The van der Waals surface area contributed by atoms with Gasteiger partial charge in [0.15, 0.2) is 0 Å². The van der Waals surface area contributed by atoms with Gasteiger partial charge in [-0.3, -0.25) is 4.79 Å². The van der Waals surface area contributed by atoms with E-state index in [1.165, 1.54) is 25.7 Å². The molecule has 3 fully saturated rings. The molecule has 1 aliphatic heterocycles. The molecule has 0 unspecified atom stereocenters. The molecular formula is C19H22N2O2. The van der Waals surface area contributed by atoms with E-state index in [1.54, 1.807) is 24.3 Å². The number of ether oxygens (including phenoxy) is 1. The highest BCUT2D eigenvalue weighted by molar-refractivity contribution is 5.94. The van der Waals surface area contributed by atoms with Crippen molar-refractivity contribution in [1.82, 2.24) is 5.32 Å². The minimum absolute atomic E-state index is 0.0205. The Kier molecular flexibility index (Phi) is 3.82. The number of amides is 1. The third-order valence-electron chi connectivity index (χ3n) is 5.96. The van der Waals surface area contributed by atoms with Crippen LogP contribution in [-0.2, 0) is 4.74 Å². The molecule has 2 saturated carbocycles. The van der Waals surface area contributed by atoms with Crippen LogP contribution in [0.2, 0.25) is 0 Å². The maximum atomic E-state index is 12.6. The Morgan fingerprint density at radius 2 is 1.91 bits per heavy atom. The number of nitriles is 1. The average Bonchev–Trinajstić information content (AvgIpc) is 3.23. The van der Waals surface area contributed by atoms with Gasteiger partial charge in [-0.1, -0.05) is 25.7 Å². The second kappa shape index (κ2) is 5.98. The lowest BCUT2D eigenvalue weighted by Crippen LogP contribution is -2.63. The van der Waals surface area contributed by atoms with Crippen molar-refractivity contribution in [3.05, 3.63) is 35.4 Å². The summed E-state index contributed by atoms with van der Waals surface area (Å²) in [5.74, 6) is 1.67. The van der Waals surface area contributed by atoms with Crippen LogP contribution in [-0.4, -0.2) is 24.7 Å². The van der Waals surface area contributed by atoms with Gasteiger partial charge in [0.25, 0.3) is 5.91 Å². The molecule has 1 aromatic rings. The van der Waals surface area contributed by atoms with Gasteiger partial charge in [-0.05, 0) is 36.6 Å². The third kappa shape index (κ3) is 2.53. The van der Waals surface area contributed by atoms with Crippen LogP contribution in [0, 0.1) is 29.1 Å². The van der Waals surface area contributed by atoms with Gasteiger partial charge < -0.3 is 10.1 Å². The quantitative estimate of drug-likeness (QED) is 0.933. The highest BCUT2D eigenvalue weighted by Gasteiger charge is 2.56. The van der Waals surface area contributed by atoms with Crippen molar-refractivity contribution >= 4 is 5.91 Å². The Labute approximate surface area is 136 Å². The number of carbonyl (C=O) groups excluding carboxylic acids is 1. The fourth-order valence-electron chi connectivity index (χ4n) is 4.79. The molecule has 1 N–H and O–H groups in total. The van der Waals surface area contributed by atoms with Crippen LogP contribution in [0.15, 0.2) is 24.3 Å². The first-order valence-electron chi connectivity index (χ1n) is 8.70. The molecule has 2 aliphatic carbocycles. The Bertz CT molecular complexity index is 623. The van der Waals surface area contributed by atoms with E-state index in [4.69, 9.17) is 10.00 Å². The number of carbonyl (C=O) groups is 1. The molecule has 0 bridgehead atoms. The maximum absolute atomic E-state index is 12.6. The molecule has 4 atom stereocenters. The molecule has 0 radical (unpaired) electrons. The van der Waals surface area contributed by atoms with E-state index < -0.39 is 0 Å². The van der Waals surface area contributed by atoms with Gasteiger partial charge in [0.05, 0.1) is 17.7 Å². The number of hydrogen-bond donors (Lipinski definition) is 1. The third-order valence-corrected chi connectivity index (χ3v) is 5.96. The Balaban J connectivity index is 1.47. The molecule has 4 rings (SSSR count). The lowest BCUT2D eigenvalue weighted by Gasteiger charge is -2.50. The largest absolute Gasteiger partial charge is 0.377 e. The van der Waals surface area contributed by atoms with Crippen molar-refractivity contribution in [1.29, 1.82) is 5.26 Å². The summed E-state index contributed by atoms with van der Waals surface area (Å²) in [7, 11) is 0. The van der Waals surface area contributed by atoms with Gasteiger partial charge in [-0.15, -0.1) is 0 Å². The highest BCUT2D eigenvalue weighted by Crippen LogP contribution is 2.51. The first-order valence-corrected chi connectivity index (χ1v) is 8.70. The van der Waals surface area contributed by atoms with Gasteiger partial charge in [0, 0.05) is 30.0 Å². The van der Waals surface area contributed by atoms with Gasteiger partial charge in [-0.25, -0.2) is 0 Å². The average molecular weight is 310 g/mol. The van der Waals surface area contributed by atoms with E-state index in [-0.39, 0.29) is 11.9 Å². The smallest absolute Gasteiger partial charge is 0.251 e. The molecule has 0 aromatic heterocycles. The van der Waals surface area contributed by atoms with Crippen LogP contribution in [0.25, 0.3) is 0 Å². The fourth-order valence-corrected chi connectivity index (χ4v) is 4.79. The molecule has 1 heterocycles. The normalized spacial score (nSPS) is 32.8. The van der Waals surface area contributed by atoms with Crippen LogP contribution in [0.3, 0.4) is 0 Å². The van der Waals surface area contributed by atoms with Crippen LogP contribution in [0.1, 0.15) is 48.0 Å². The predicted molar refractivity (Wildman–Crippen MR) is 85.7 cm³/mol. The van der Waals surface area contributed by atoms with E-state index in [0.29, 0.717) is 35.0 Å². The second-order valence-corrected chi connectivity index (χ2v) is 7.10. The van der Waals surface area contributed by atoms with Crippen molar-refractivity contribution in [2.45, 2.75) is 44.2 Å². The SMILES string of the molecule is N#Cc1ccc(C(=O)N[C@@H]2[C@@H]3CCO[C@@H]3[C@@H]2C2CCCC2)cc1. The Morgan fingerprint density at radius 3 is 2.61 bits per heavy atom. The first kappa shape index (κ1) is 14.7. The zero-order valence-electron chi connectivity index (χ0n) is 13.2. The summed E-state index contributed by atoms with van der Waals surface area (Å²) in [5, 5.41) is 12.1. The van der Waals surface area contributed by atoms with E-state index >= 15 is 0 Å². The lowest BCUT2D eigenvalue weighted by molar-refractivity contribution is -0.0784. The van der Waals surface area contributed by atoms with Crippen LogP contribution < -0.4 is 5.32 Å². The van der Waals surface area contributed by atoms with Crippen molar-refractivity contribution in [3.8, 4) is 6.07 Å². The molecule has 23 heavy (non-hydrogen) atoms. The molecule has 1 aromatic carbocycles. The molecule has 120 valence electrons. The van der Waals surface area contributed by atoms with Crippen LogP contribution in [0.4, 0.5) is 0 Å². The van der Waals surface area contributed by atoms with E-state index in [2.05, 4.69) is 11.4 Å². The number of benzene rings is 1. The van der Waals surface area contributed by atoms with Crippen molar-refractivity contribution in [3.63, 3.8) is 0 Å². The maximum Gasteiger partial charge on any atom is 0.251 e. The number of hydrogen-bond acceptors (Lipinski definition) is 3. The molecule has 3 aliphatic rings.